The third kappa shape index (κ3) is 37.3. The summed E-state index contributed by atoms with van der Waals surface area (Å²) < 4.78 is 11.1. The van der Waals surface area contributed by atoms with E-state index in [1.54, 1.807) is 0 Å². The van der Waals surface area contributed by atoms with Gasteiger partial charge in [0, 0.05) is 13.0 Å². The Morgan fingerprint density at radius 2 is 0.913 bits per heavy atom. The molecule has 0 amide bonds. The highest BCUT2D eigenvalue weighted by atomic mass is 16.6. The van der Waals surface area contributed by atoms with Crippen molar-refractivity contribution in [3.05, 3.63) is 24.3 Å². The molecule has 0 aliphatic rings. The lowest BCUT2D eigenvalue weighted by Crippen LogP contribution is -2.27. The number of hydrogen-bond donors (Lipinski definition) is 1. The Bertz CT molecular complexity index is 644. The smallest absolute Gasteiger partial charge is 0.306 e. The molecule has 272 valence electrons. The van der Waals surface area contributed by atoms with Gasteiger partial charge in [-0.25, -0.2) is 0 Å². The second kappa shape index (κ2) is 40.0. The van der Waals surface area contributed by atoms with Crippen molar-refractivity contribution < 1.29 is 19.4 Å². The van der Waals surface area contributed by atoms with Crippen LogP contribution in [0.5, 0.6) is 0 Å². The Morgan fingerprint density at radius 1 is 0.522 bits per heavy atom. The van der Waals surface area contributed by atoms with Crippen molar-refractivity contribution in [2.75, 3.05) is 19.8 Å². The second-order valence-electron chi connectivity index (χ2n) is 13.7. The topological polar surface area (TPSA) is 55.8 Å². The lowest BCUT2D eigenvalue weighted by molar-refractivity contribution is -0.154. The molecule has 4 nitrogen and oxygen atoms in total. The molecule has 0 radical (unpaired) electrons. The molecule has 0 aliphatic carbocycles. The third-order valence-corrected chi connectivity index (χ3v) is 9.03. The average molecular weight is 649 g/mol. The van der Waals surface area contributed by atoms with Gasteiger partial charge in [0.05, 0.1) is 13.2 Å². The molecule has 0 aromatic carbocycles. The zero-order chi connectivity index (χ0) is 33.4. The molecule has 0 saturated carbocycles. The summed E-state index contributed by atoms with van der Waals surface area (Å²) >= 11 is 0. The number of ether oxygens (including phenoxy) is 2. The van der Waals surface area contributed by atoms with E-state index in [0.29, 0.717) is 19.6 Å². The maximum atomic E-state index is 12.2. The minimum Gasteiger partial charge on any atom is -0.457 e. The molecule has 0 saturated heterocycles. The number of carbonyl (C=O) groups is 1. The summed E-state index contributed by atoms with van der Waals surface area (Å²) in [4.78, 5) is 12.2. The van der Waals surface area contributed by atoms with E-state index < -0.39 is 6.10 Å². The van der Waals surface area contributed by atoms with Crippen LogP contribution < -0.4 is 0 Å². The van der Waals surface area contributed by atoms with Crippen LogP contribution in [0, 0.1) is 0 Å². The van der Waals surface area contributed by atoms with E-state index in [1.807, 2.05) is 0 Å². The van der Waals surface area contributed by atoms with E-state index in [2.05, 4.69) is 38.2 Å². The van der Waals surface area contributed by atoms with Crippen LogP contribution in [0.4, 0.5) is 0 Å². The van der Waals surface area contributed by atoms with Gasteiger partial charge in [-0.05, 0) is 44.9 Å². The number of aliphatic hydroxyl groups is 1. The summed E-state index contributed by atoms with van der Waals surface area (Å²) in [5.74, 6) is -0.202. The van der Waals surface area contributed by atoms with Gasteiger partial charge in [0.2, 0.25) is 0 Å². The van der Waals surface area contributed by atoms with Gasteiger partial charge in [-0.15, -0.1) is 0 Å². The van der Waals surface area contributed by atoms with E-state index in [-0.39, 0.29) is 12.6 Å². The highest BCUT2D eigenvalue weighted by molar-refractivity contribution is 5.69. The zero-order valence-corrected chi connectivity index (χ0v) is 31.1. The van der Waals surface area contributed by atoms with E-state index >= 15 is 0 Å². The van der Waals surface area contributed by atoms with Gasteiger partial charge in [-0.3, -0.25) is 4.79 Å². The van der Waals surface area contributed by atoms with E-state index in [4.69, 9.17) is 9.47 Å². The lowest BCUT2D eigenvalue weighted by Gasteiger charge is -2.16. The maximum absolute atomic E-state index is 12.2. The Labute approximate surface area is 288 Å². The molecule has 1 unspecified atom stereocenters. The summed E-state index contributed by atoms with van der Waals surface area (Å²) in [5.41, 5.74) is 0. The van der Waals surface area contributed by atoms with E-state index in [9.17, 15) is 9.90 Å². The van der Waals surface area contributed by atoms with Gasteiger partial charge in [-0.1, -0.05) is 186 Å². The largest absolute Gasteiger partial charge is 0.457 e. The molecule has 0 aliphatic heterocycles. The Balaban J connectivity index is 3.41. The average Bonchev–Trinajstić information content (AvgIpc) is 3.06. The van der Waals surface area contributed by atoms with Crippen molar-refractivity contribution in [3.63, 3.8) is 0 Å². The first-order valence-electron chi connectivity index (χ1n) is 20.4. The molecule has 1 atom stereocenters. The molecule has 0 spiro atoms. The monoisotopic (exact) mass is 649 g/mol. The first-order chi connectivity index (χ1) is 22.7. The van der Waals surface area contributed by atoms with E-state index in [1.165, 1.54) is 167 Å². The van der Waals surface area contributed by atoms with Gasteiger partial charge in [0.25, 0.3) is 0 Å². The van der Waals surface area contributed by atoms with Gasteiger partial charge in [0.15, 0.2) is 0 Å². The molecule has 0 aromatic rings. The number of allylic oxidation sites excluding steroid dienone is 4. The Kier molecular flexibility index (Phi) is 39.1. The van der Waals surface area contributed by atoms with Gasteiger partial charge >= 0.3 is 5.97 Å². The minimum atomic E-state index is -0.531. The highest BCUT2D eigenvalue weighted by Crippen LogP contribution is 2.14. The molecule has 0 bridgehead atoms. The highest BCUT2D eigenvalue weighted by Gasteiger charge is 2.13. The van der Waals surface area contributed by atoms with Crippen LogP contribution in [0.3, 0.4) is 0 Å². The molecule has 0 fully saturated rings. The number of carbonyl (C=O) groups excluding carboxylic acids is 1. The summed E-state index contributed by atoms with van der Waals surface area (Å²) in [6, 6.07) is 0. The molecular weight excluding hydrogens is 568 g/mol. The molecule has 1 N–H and O–H groups in total. The maximum Gasteiger partial charge on any atom is 0.306 e. The number of unbranched alkanes of at least 4 members (excludes halogenated alkanes) is 26. The normalized spacial score (nSPS) is 12.5. The van der Waals surface area contributed by atoms with Crippen LogP contribution in [-0.4, -0.2) is 37.0 Å². The predicted molar refractivity (Wildman–Crippen MR) is 201 cm³/mol. The number of rotatable bonds is 38. The van der Waals surface area contributed by atoms with Crippen LogP contribution in [0.1, 0.15) is 213 Å². The van der Waals surface area contributed by atoms with Gasteiger partial charge < -0.3 is 14.6 Å². The standard InChI is InChI=1S/C42H80O4/c1-3-5-7-9-11-13-15-17-19-20-21-22-23-25-27-29-31-33-35-37-42(44)46-41(39-43)40-45-38-36-34-32-30-28-26-24-18-16-14-12-10-8-6-4-2/h11,13,17,19,41,43H,3-10,12,14-16,18,20-40H2,1-2H3/b13-11-,19-17-. The summed E-state index contributed by atoms with van der Waals surface area (Å²) in [6.07, 6.45) is 47.9. The van der Waals surface area contributed by atoms with Crippen molar-refractivity contribution in [2.24, 2.45) is 0 Å². The summed E-state index contributed by atoms with van der Waals surface area (Å²) in [5, 5.41) is 9.58. The third-order valence-electron chi connectivity index (χ3n) is 9.03. The predicted octanol–water partition coefficient (Wildman–Crippen LogP) is 13.2. The minimum absolute atomic E-state index is 0.169. The zero-order valence-electron chi connectivity index (χ0n) is 31.1. The van der Waals surface area contributed by atoms with Crippen molar-refractivity contribution in [3.8, 4) is 0 Å². The van der Waals surface area contributed by atoms with Gasteiger partial charge in [0.1, 0.15) is 6.10 Å². The number of esters is 1. The first kappa shape index (κ1) is 44.9. The van der Waals surface area contributed by atoms with Crippen molar-refractivity contribution in [1.29, 1.82) is 0 Å². The van der Waals surface area contributed by atoms with E-state index in [0.717, 1.165) is 25.7 Å². The molecule has 0 rings (SSSR count). The number of aliphatic hydroxyl groups excluding tert-OH is 1. The van der Waals surface area contributed by atoms with Crippen molar-refractivity contribution in [1.82, 2.24) is 0 Å². The number of hydrogen-bond acceptors (Lipinski definition) is 4. The van der Waals surface area contributed by atoms with Crippen molar-refractivity contribution >= 4 is 5.97 Å². The fourth-order valence-electron chi connectivity index (χ4n) is 5.95. The fraction of sp³-hybridized carbons (Fsp3) is 0.881. The molecular formula is C42H80O4. The van der Waals surface area contributed by atoms with Crippen LogP contribution in [-0.2, 0) is 14.3 Å². The first-order valence-corrected chi connectivity index (χ1v) is 20.4. The Morgan fingerprint density at radius 3 is 1.39 bits per heavy atom. The van der Waals surface area contributed by atoms with Crippen LogP contribution in [0.15, 0.2) is 24.3 Å². The van der Waals surface area contributed by atoms with Gasteiger partial charge in [-0.2, -0.15) is 0 Å². The molecule has 0 heterocycles. The van der Waals surface area contributed by atoms with Crippen molar-refractivity contribution in [2.45, 2.75) is 219 Å². The summed E-state index contributed by atoms with van der Waals surface area (Å²) in [7, 11) is 0. The molecule has 46 heavy (non-hydrogen) atoms. The lowest BCUT2D eigenvalue weighted by atomic mass is 10.0. The van der Waals surface area contributed by atoms with Crippen LogP contribution in [0.2, 0.25) is 0 Å². The molecule has 4 heteroatoms. The fourth-order valence-corrected chi connectivity index (χ4v) is 5.95. The summed E-state index contributed by atoms with van der Waals surface area (Å²) in [6.45, 7) is 5.35. The quantitative estimate of drug-likeness (QED) is 0.0411. The van der Waals surface area contributed by atoms with Crippen LogP contribution in [0.25, 0.3) is 0 Å². The van der Waals surface area contributed by atoms with Crippen LogP contribution >= 0.6 is 0 Å². The molecule has 0 aromatic heterocycles. The SMILES string of the molecule is CCCCC/C=C\C/C=C\CCCCCCCCCCCC(=O)OC(CO)COCCCCCCCCCCCCCCCCC. The Hall–Kier alpha value is -1.13. The second-order valence-corrected chi connectivity index (χ2v) is 13.7.